The van der Waals surface area contributed by atoms with Crippen molar-refractivity contribution in [2.75, 3.05) is 0 Å². The molecule has 1 atom stereocenters. The van der Waals surface area contributed by atoms with Gasteiger partial charge in [-0.25, -0.2) is 13.2 Å². The van der Waals surface area contributed by atoms with Crippen LogP contribution in [0.3, 0.4) is 0 Å². The molecule has 1 fully saturated rings. The van der Waals surface area contributed by atoms with Crippen molar-refractivity contribution in [3.8, 4) is 0 Å². The van der Waals surface area contributed by atoms with Crippen LogP contribution in [-0.2, 0) is 4.65 Å². The summed E-state index contributed by atoms with van der Waals surface area (Å²) in [4.78, 5) is 0. The molecule has 0 heterocycles. The van der Waals surface area contributed by atoms with Crippen LogP contribution in [0.5, 0.6) is 0 Å². The van der Waals surface area contributed by atoms with Gasteiger partial charge in [0.05, 0.1) is 6.42 Å². The van der Waals surface area contributed by atoms with E-state index in [1.54, 1.807) is 0 Å². The molecule has 11 heavy (non-hydrogen) atoms. The fourth-order valence-corrected chi connectivity index (χ4v) is 0.536. The normalized spacial score (nSPS) is 32.5. The summed E-state index contributed by atoms with van der Waals surface area (Å²) >= 11 is 0. The molecule has 0 aromatic carbocycles. The van der Waals surface area contributed by atoms with Crippen LogP contribution in [0.1, 0.15) is 6.42 Å². The van der Waals surface area contributed by atoms with Gasteiger partial charge in [-0.3, -0.25) is 0 Å². The summed E-state index contributed by atoms with van der Waals surface area (Å²) in [5.74, 6) is -6.74. The van der Waals surface area contributed by atoms with E-state index < -0.39 is 25.5 Å². The van der Waals surface area contributed by atoms with Crippen molar-refractivity contribution in [1.29, 1.82) is 0 Å². The summed E-state index contributed by atoms with van der Waals surface area (Å²) < 4.78 is 39.3. The van der Waals surface area contributed by atoms with E-state index in [0.29, 0.717) is 0 Å². The average molecular weight is 196 g/mol. The molecule has 0 spiro atoms. The van der Waals surface area contributed by atoms with Gasteiger partial charge in [-0.05, 0) is 0 Å². The van der Waals surface area contributed by atoms with Crippen molar-refractivity contribution < 1.29 is 27.9 Å². The first kappa shape index (κ1) is 12.4. The van der Waals surface area contributed by atoms with E-state index in [0.717, 1.165) is 0 Å². The molecule has 60 valence electrons. The third-order valence-electron chi connectivity index (χ3n) is 1.16. The van der Waals surface area contributed by atoms with Gasteiger partial charge in [-0.2, -0.15) is 0 Å². The number of rotatable bonds is 2. The standard InChI is InChI=1S/C3H4BF3O3.K.H/c5-2(6)1-3(2,7)10-4(8)9;;/h8-9H,1H2;;. The molecule has 2 N–H and O–H groups in total. The summed E-state index contributed by atoms with van der Waals surface area (Å²) in [6.07, 6.45) is -1.11. The first-order valence-electron chi connectivity index (χ1n) is 2.48. The minimum atomic E-state index is -3.57. The van der Waals surface area contributed by atoms with Crippen LogP contribution in [0.4, 0.5) is 13.2 Å². The van der Waals surface area contributed by atoms with Gasteiger partial charge < -0.3 is 14.7 Å². The molecule has 0 saturated heterocycles. The van der Waals surface area contributed by atoms with Crippen molar-refractivity contribution in [3.63, 3.8) is 0 Å². The van der Waals surface area contributed by atoms with Crippen molar-refractivity contribution in [3.05, 3.63) is 0 Å². The Balaban J connectivity index is 0.000001000. The Labute approximate surface area is 104 Å². The fourth-order valence-electron chi connectivity index (χ4n) is 0.536. The van der Waals surface area contributed by atoms with Crippen LogP contribution in [0.25, 0.3) is 0 Å². The zero-order valence-electron chi connectivity index (χ0n) is 4.72. The molecule has 8 heteroatoms. The summed E-state index contributed by atoms with van der Waals surface area (Å²) in [5, 5.41) is 15.8. The second-order valence-electron chi connectivity index (χ2n) is 2.05. The molecule has 3 nitrogen and oxygen atoms in total. The van der Waals surface area contributed by atoms with Gasteiger partial charge in [0.15, 0.2) is 0 Å². The van der Waals surface area contributed by atoms with Gasteiger partial charge in [-0.15, -0.1) is 0 Å². The van der Waals surface area contributed by atoms with E-state index in [4.69, 9.17) is 10.0 Å². The number of alkyl halides is 3. The minimum absolute atomic E-state index is 0. The third kappa shape index (κ3) is 2.66. The fraction of sp³-hybridized carbons (Fsp3) is 1.00. The van der Waals surface area contributed by atoms with Crippen LogP contribution in [0.2, 0.25) is 0 Å². The summed E-state index contributed by atoms with van der Waals surface area (Å²) in [6.45, 7) is 0. The molecule has 1 unspecified atom stereocenters. The molecule has 0 aromatic heterocycles. The molecule has 0 bridgehead atoms. The van der Waals surface area contributed by atoms with Crippen molar-refractivity contribution in [2.24, 2.45) is 0 Å². The first-order valence-corrected chi connectivity index (χ1v) is 2.48. The quantitative estimate of drug-likeness (QED) is 0.558. The second kappa shape index (κ2) is 3.62. The van der Waals surface area contributed by atoms with Crippen LogP contribution in [-0.4, -0.2) is 80.5 Å². The van der Waals surface area contributed by atoms with Gasteiger partial charge in [0, 0.05) is 0 Å². The zero-order valence-corrected chi connectivity index (χ0v) is 4.72. The monoisotopic (exact) mass is 196 g/mol. The molecular formula is C3H5BF3KO3. The summed E-state index contributed by atoms with van der Waals surface area (Å²) in [6, 6.07) is 0. The first-order chi connectivity index (χ1) is 4.37. The van der Waals surface area contributed by atoms with Crippen LogP contribution in [0.15, 0.2) is 0 Å². The van der Waals surface area contributed by atoms with E-state index in [9.17, 15) is 13.2 Å². The Kier molecular flexibility index (Phi) is 4.08. The topological polar surface area (TPSA) is 49.7 Å². The average Bonchev–Trinajstić information content (AvgIpc) is 2.01. The van der Waals surface area contributed by atoms with E-state index in [2.05, 4.69) is 4.65 Å². The van der Waals surface area contributed by atoms with E-state index in [-0.39, 0.29) is 51.4 Å². The predicted octanol–water partition coefficient (Wildman–Crippen LogP) is -0.971. The SMILES string of the molecule is OB(O)OC1(F)CC1(F)F.[KH]. The maximum absolute atomic E-state index is 12.2. The van der Waals surface area contributed by atoms with Crippen molar-refractivity contribution in [1.82, 2.24) is 0 Å². The zero-order chi connectivity index (χ0) is 7.99. The maximum atomic E-state index is 12.2. The molecule has 0 aromatic rings. The molecule has 0 aliphatic heterocycles. The third-order valence-corrected chi connectivity index (χ3v) is 1.16. The van der Waals surface area contributed by atoms with E-state index in [1.165, 1.54) is 0 Å². The molecule has 1 aliphatic carbocycles. The number of hydrogen-bond acceptors (Lipinski definition) is 3. The van der Waals surface area contributed by atoms with Gasteiger partial charge in [0.25, 0.3) is 5.85 Å². The second-order valence-corrected chi connectivity index (χ2v) is 2.05. The summed E-state index contributed by atoms with van der Waals surface area (Å²) in [7, 11) is -2.49. The Hall–Kier alpha value is 1.37. The van der Waals surface area contributed by atoms with Crippen LogP contribution < -0.4 is 0 Å². The van der Waals surface area contributed by atoms with Gasteiger partial charge in [-0.1, -0.05) is 0 Å². The van der Waals surface area contributed by atoms with Crippen molar-refractivity contribution >= 4 is 58.7 Å². The number of hydrogen-bond donors (Lipinski definition) is 2. The molecule has 1 saturated carbocycles. The Bertz CT molecular complexity index is 157. The Morgan fingerprint density at radius 2 is 1.64 bits per heavy atom. The van der Waals surface area contributed by atoms with E-state index >= 15 is 0 Å². The Morgan fingerprint density at radius 3 is 1.73 bits per heavy atom. The molecule has 0 radical (unpaired) electrons. The van der Waals surface area contributed by atoms with Crippen LogP contribution in [0, 0.1) is 0 Å². The van der Waals surface area contributed by atoms with Gasteiger partial charge in [0.2, 0.25) is 0 Å². The van der Waals surface area contributed by atoms with Gasteiger partial charge in [0.1, 0.15) is 0 Å². The molecule has 1 rings (SSSR count). The Morgan fingerprint density at radius 1 is 1.27 bits per heavy atom. The molecule has 1 aliphatic rings. The van der Waals surface area contributed by atoms with E-state index in [1.807, 2.05) is 0 Å². The van der Waals surface area contributed by atoms with Crippen molar-refractivity contribution in [2.45, 2.75) is 18.2 Å². The summed E-state index contributed by atoms with van der Waals surface area (Å²) in [5.41, 5.74) is 0. The van der Waals surface area contributed by atoms with Gasteiger partial charge >= 0.3 is 64.6 Å². The predicted molar refractivity (Wildman–Crippen MR) is 31.8 cm³/mol. The molecule has 0 amide bonds. The molecular weight excluding hydrogens is 191 g/mol. The van der Waals surface area contributed by atoms with Crippen LogP contribution >= 0.6 is 0 Å². The number of halogens is 3.